The van der Waals surface area contributed by atoms with Crippen LogP contribution in [-0.2, 0) is 17.6 Å². The van der Waals surface area contributed by atoms with E-state index in [1.165, 1.54) is 49.7 Å². The fraction of sp³-hybridized carbons (Fsp3) is 0.650. The predicted molar refractivity (Wildman–Crippen MR) is 90.6 cm³/mol. The van der Waals surface area contributed by atoms with E-state index in [0.717, 1.165) is 24.5 Å². The molecule has 3 aliphatic rings. The van der Waals surface area contributed by atoms with Crippen molar-refractivity contribution in [3.63, 3.8) is 0 Å². The maximum atomic E-state index is 12.5. The highest BCUT2D eigenvalue weighted by atomic mass is 16.5. The fourth-order valence-corrected chi connectivity index (χ4v) is 4.82. The number of nitrogens with one attached hydrogen (secondary N) is 1. The molecule has 1 N–H and O–H groups in total. The zero-order valence-electron chi connectivity index (χ0n) is 14.0. The van der Waals surface area contributed by atoms with E-state index in [9.17, 15) is 4.79 Å². The van der Waals surface area contributed by atoms with Crippen LogP contribution in [0.3, 0.4) is 0 Å². The summed E-state index contributed by atoms with van der Waals surface area (Å²) < 4.78 is 6.05. The van der Waals surface area contributed by atoms with Gasteiger partial charge < -0.3 is 10.1 Å². The number of benzene rings is 1. The van der Waals surface area contributed by atoms with Crippen LogP contribution >= 0.6 is 0 Å². The molecular formula is C20H27NO2. The van der Waals surface area contributed by atoms with Crippen molar-refractivity contribution < 1.29 is 9.53 Å². The number of fused-ring (bicyclic) bond motifs is 3. The number of aryl methyl sites for hydroxylation is 1. The first-order chi connectivity index (χ1) is 11.2. The average molecular weight is 313 g/mol. The van der Waals surface area contributed by atoms with Gasteiger partial charge in [-0.25, -0.2) is 0 Å². The van der Waals surface area contributed by atoms with Gasteiger partial charge >= 0.3 is 0 Å². The van der Waals surface area contributed by atoms with E-state index in [4.69, 9.17) is 4.74 Å². The summed E-state index contributed by atoms with van der Waals surface area (Å²) in [5.74, 6) is 2.53. The highest BCUT2D eigenvalue weighted by Crippen LogP contribution is 2.44. The molecule has 2 fully saturated rings. The van der Waals surface area contributed by atoms with Crippen molar-refractivity contribution in [3.8, 4) is 5.75 Å². The van der Waals surface area contributed by atoms with E-state index < -0.39 is 6.10 Å². The minimum Gasteiger partial charge on any atom is -0.481 e. The van der Waals surface area contributed by atoms with E-state index in [1.807, 2.05) is 13.0 Å². The predicted octanol–water partition coefficient (Wildman–Crippen LogP) is 3.64. The van der Waals surface area contributed by atoms with Gasteiger partial charge in [0, 0.05) is 6.04 Å². The maximum Gasteiger partial charge on any atom is 0.261 e. The number of amides is 1. The molecule has 0 spiro atoms. The number of rotatable bonds is 4. The molecule has 1 aromatic carbocycles. The number of carbonyl (C=O) groups is 1. The summed E-state index contributed by atoms with van der Waals surface area (Å²) in [4.78, 5) is 12.5. The van der Waals surface area contributed by atoms with Crippen molar-refractivity contribution >= 4 is 5.91 Å². The van der Waals surface area contributed by atoms with Gasteiger partial charge in [-0.3, -0.25) is 4.79 Å². The Hall–Kier alpha value is -1.51. The maximum absolute atomic E-state index is 12.5. The Morgan fingerprint density at radius 1 is 1.22 bits per heavy atom. The van der Waals surface area contributed by atoms with Crippen LogP contribution in [-0.4, -0.2) is 18.1 Å². The van der Waals surface area contributed by atoms with Gasteiger partial charge in [0.2, 0.25) is 0 Å². The minimum atomic E-state index is -0.414. The van der Waals surface area contributed by atoms with Gasteiger partial charge in [-0.05, 0) is 80.9 Å². The first kappa shape index (κ1) is 15.0. The molecule has 124 valence electrons. The molecule has 4 rings (SSSR count). The second kappa shape index (κ2) is 6.18. The number of hydrogen-bond acceptors (Lipinski definition) is 2. The molecule has 2 bridgehead atoms. The Kier molecular flexibility index (Phi) is 4.04. The van der Waals surface area contributed by atoms with Crippen LogP contribution in [0.1, 0.15) is 56.6 Å². The van der Waals surface area contributed by atoms with Crippen molar-refractivity contribution in [1.82, 2.24) is 5.32 Å². The smallest absolute Gasteiger partial charge is 0.261 e. The number of carbonyl (C=O) groups excluding carboxylic acids is 1. The standard InChI is InChI=1S/C20H27NO2/c1-13(20(22)21-18-12-14-9-10-16(18)11-14)23-19-8-4-6-15-5-2-3-7-17(15)19/h4,6,8,13-14,16,18H,2-3,5,7,9-12H2,1H3,(H,21,22)/t13-,14+,16+,18-/m1/s1. The Morgan fingerprint density at radius 3 is 2.87 bits per heavy atom. The Morgan fingerprint density at radius 2 is 2.09 bits per heavy atom. The molecule has 1 amide bonds. The second-order valence-electron chi connectivity index (χ2n) is 7.65. The summed E-state index contributed by atoms with van der Waals surface area (Å²) in [5.41, 5.74) is 2.72. The van der Waals surface area contributed by atoms with Crippen LogP contribution in [0.15, 0.2) is 18.2 Å². The summed E-state index contributed by atoms with van der Waals surface area (Å²) in [6.45, 7) is 1.88. The normalized spacial score (nSPS) is 29.9. The molecule has 0 aliphatic heterocycles. The van der Waals surface area contributed by atoms with Gasteiger partial charge in [-0.2, -0.15) is 0 Å². The first-order valence-electron chi connectivity index (χ1n) is 9.28. The quantitative estimate of drug-likeness (QED) is 0.921. The SMILES string of the molecule is C[C@@H](Oc1cccc2c1CCCC2)C(=O)N[C@@H]1C[C@H]2CC[C@H]1C2. The van der Waals surface area contributed by atoms with Crippen molar-refractivity contribution in [3.05, 3.63) is 29.3 Å². The van der Waals surface area contributed by atoms with Crippen LogP contribution in [0, 0.1) is 11.8 Å². The molecule has 2 saturated carbocycles. The molecule has 3 aliphatic carbocycles. The van der Waals surface area contributed by atoms with E-state index >= 15 is 0 Å². The summed E-state index contributed by atoms with van der Waals surface area (Å²) in [6, 6.07) is 6.66. The largest absolute Gasteiger partial charge is 0.481 e. The van der Waals surface area contributed by atoms with Gasteiger partial charge in [0.15, 0.2) is 6.10 Å². The molecule has 0 heterocycles. The zero-order chi connectivity index (χ0) is 15.8. The lowest BCUT2D eigenvalue weighted by atomic mass is 9.91. The van der Waals surface area contributed by atoms with Crippen molar-refractivity contribution in [1.29, 1.82) is 0 Å². The second-order valence-corrected chi connectivity index (χ2v) is 7.65. The van der Waals surface area contributed by atoms with Crippen molar-refractivity contribution in [2.75, 3.05) is 0 Å². The molecule has 1 aromatic rings. The third-order valence-corrected chi connectivity index (χ3v) is 6.09. The fourth-order valence-electron chi connectivity index (χ4n) is 4.82. The van der Waals surface area contributed by atoms with Gasteiger partial charge in [0.25, 0.3) is 5.91 Å². The molecule has 0 saturated heterocycles. The summed E-state index contributed by atoms with van der Waals surface area (Å²) in [6.07, 6.45) is 9.41. The molecule has 23 heavy (non-hydrogen) atoms. The van der Waals surface area contributed by atoms with Crippen LogP contribution in [0.4, 0.5) is 0 Å². The van der Waals surface area contributed by atoms with Crippen LogP contribution < -0.4 is 10.1 Å². The molecule has 0 radical (unpaired) electrons. The van der Waals surface area contributed by atoms with Crippen molar-refractivity contribution in [2.45, 2.75) is 70.4 Å². The number of ether oxygens (including phenoxy) is 1. The van der Waals surface area contributed by atoms with Gasteiger partial charge in [0.05, 0.1) is 0 Å². The summed E-state index contributed by atoms with van der Waals surface area (Å²) >= 11 is 0. The molecule has 3 heteroatoms. The van der Waals surface area contributed by atoms with Crippen LogP contribution in [0.2, 0.25) is 0 Å². The third kappa shape index (κ3) is 2.98. The van der Waals surface area contributed by atoms with Crippen LogP contribution in [0.5, 0.6) is 5.75 Å². The lowest BCUT2D eigenvalue weighted by Crippen LogP contribution is -2.44. The Bertz CT molecular complexity index is 597. The molecular weight excluding hydrogens is 286 g/mol. The van der Waals surface area contributed by atoms with Gasteiger partial charge in [0.1, 0.15) is 5.75 Å². The Labute approximate surface area is 138 Å². The van der Waals surface area contributed by atoms with Crippen LogP contribution in [0.25, 0.3) is 0 Å². The van der Waals surface area contributed by atoms with E-state index in [1.54, 1.807) is 0 Å². The summed E-state index contributed by atoms with van der Waals surface area (Å²) in [7, 11) is 0. The molecule has 4 atom stereocenters. The highest BCUT2D eigenvalue weighted by Gasteiger charge is 2.40. The van der Waals surface area contributed by atoms with Gasteiger partial charge in [-0.1, -0.05) is 18.6 Å². The first-order valence-corrected chi connectivity index (χ1v) is 9.28. The minimum absolute atomic E-state index is 0.0518. The lowest BCUT2D eigenvalue weighted by molar-refractivity contribution is -0.128. The molecule has 0 unspecified atom stereocenters. The topological polar surface area (TPSA) is 38.3 Å². The van der Waals surface area contributed by atoms with Crippen molar-refractivity contribution in [2.24, 2.45) is 11.8 Å². The number of hydrogen-bond donors (Lipinski definition) is 1. The summed E-state index contributed by atoms with van der Waals surface area (Å²) in [5, 5.41) is 3.25. The molecule has 0 aromatic heterocycles. The van der Waals surface area contributed by atoms with E-state index in [0.29, 0.717) is 12.0 Å². The van der Waals surface area contributed by atoms with E-state index in [-0.39, 0.29) is 5.91 Å². The molecule has 3 nitrogen and oxygen atoms in total. The van der Waals surface area contributed by atoms with E-state index in [2.05, 4.69) is 17.4 Å². The highest BCUT2D eigenvalue weighted by molar-refractivity contribution is 5.81. The monoisotopic (exact) mass is 313 g/mol. The Balaban J connectivity index is 1.39. The lowest BCUT2D eigenvalue weighted by Gasteiger charge is -2.26. The van der Waals surface area contributed by atoms with Gasteiger partial charge in [-0.15, -0.1) is 0 Å². The average Bonchev–Trinajstić information content (AvgIpc) is 3.18. The zero-order valence-corrected chi connectivity index (χ0v) is 14.0. The third-order valence-electron chi connectivity index (χ3n) is 6.09.